The first-order chi connectivity index (χ1) is 26.4. The van der Waals surface area contributed by atoms with E-state index in [0.717, 1.165) is 57.8 Å². The molecule has 0 heterocycles. The number of hydrogen-bond donors (Lipinski definition) is 2. The molecule has 0 aliphatic carbocycles. The highest BCUT2D eigenvalue weighted by Crippen LogP contribution is 2.43. The van der Waals surface area contributed by atoms with Crippen molar-refractivity contribution in [1.82, 2.24) is 0 Å². The zero-order chi connectivity index (χ0) is 40.9. The van der Waals surface area contributed by atoms with Crippen LogP contribution in [-0.4, -0.2) is 86.1 Å². The van der Waals surface area contributed by atoms with Crippen molar-refractivity contribution in [3.8, 4) is 0 Å². The Bertz CT molecular complexity index is 1190. The fourth-order valence-electron chi connectivity index (χ4n) is 5.01. The molecular formula is C44H77NO9P+. The number of allylic oxidation sites excluding steroid dienone is 10. The SMILES string of the molecule is CC/C=C\C/C=C\C/C=C\C=C\C(O)C/C=C\CCCC(=O)OC(COC(=O)CCCCCCC/C=C\CCCCCC)COP(=O)(O)OCC[N+](C)(C)C. The van der Waals surface area contributed by atoms with Crippen molar-refractivity contribution in [3.63, 3.8) is 0 Å². The quantitative estimate of drug-likeness (QED) is 0.0159. The molecule has 3 atom stereocenters. The monoisotopic (exact) mass is 795 g/mol. The maximum absolute atomic E-state index is 12.7. The lowest BCUT2D eigenvalue weighted by Crippen LogP contribution is -2.37. The molecule has 0 spiro atoms. The van der Waals surface area contributed by atoms with Crippen molar-refractivity contribution in [2.24, 2.45) is 0 Å². The average molecular weight is 795 g/mol. The van der Waals surface area contributed by atoms with Gasteiger partial charge in [-0.05, 0) is 70.6 Å². The van der Waals surface area contributed by atoms with Gasteiger partial charge in [0.15, 0.2) is 6.10 Å². The molecular weight excluding hydrogens is 717 g/mol. The number of rotatable bonds is 36. The van der Waals surface area contributed by atoms with Gasteiger partial charge in [0.2, 0.25) is 0 Å². The number of quaternary nitrogens is 1. The highest BCUT2D eigenvalue weighted by molar-refractivity contribution is 7.47. The standard InChI is InChI=1S/C44H76NO9P/c1-6-8-10-12-14-16-18-19-20-22-24-26-31-35-43(47)51-39-42(40-53-55(49,50)52-38-37-45(3,4)5)54-44(48)36-32-28-27-30-34-41(46)33-29-25-23-21-17-15-13-11-9-7-2/h9,11,15-18,23,25,27,29-30,33,41-42,46H,6-8,10,12-14,19-22,24,26,28,31-32,34-40H2,1-5H3/p+1/b11-9-,17-15-,18-16-,25-23-,30-27-,33-29+. The van der Waals surface area contributed by atoms with Crippen LogP contribution in [0.5, 0.6) is 0 Å². The topological polar surface area (TPSA) is 129 Å². The number of esters is 2. The molecule has 55 heavy (non-hydrogen) atoms. The number of aliphatic hydroxyl groups excluding tert-OH is 1. The van der Waals surface area contributed by atoms with Gasteiger partial charge in [-0.2, -0.15) is 0 Å². The van der Waals surface area contributed by atoms with Crippen LogP contribution < -0.4 is 0 Å². The van der Waals surface area contributed by atoms with E-state index >= 15 is 0 Å². The molecule has 2 N–H and O–H groups in total. The predicted octanol–water partition coefficient (Wildman–Crippen LogP) is 10.4. The van der Waals surface area contributed by atoms with Gasteiger partial charge in [0, 0.05) is 12.8 Å². The van der Waals surface area contributed by atoms with Crippen molar-refractivity contribution in [2.75, 3.05) is 47.5 Å². The van der Waals surface area contributed by atoms with Gasteiger partial charge >= 0.3 is 19.8 Å². The van der Waals surface area contributed by atoms with E-state index in [-0.39, 0.29) is 26.1 Å². The molecule has 0 bridgehead atoms. The number of nitrogens with zero attached hydrogens (tertiary/aromatic N) is 1. The van der Waals surface area contributed by atoms with E-state index in [0.29, 0.717) is 36.7 Å². The summed E-state index contributed by atoms with van der Waals surface area (Å²) in [5.41, 5.74) is 0. The summed E-state index contributed by atoms with van der Waals surface area (Å²) in [4.78, 5) is 35.3. The van der Waals surface area contributed by atoms with Gasteiger partial charge in [-0.1, -0.05) is 125 Å². The molecule has 3 unspecified atom stereocenters. The summed E-state index contributed by atoms with van der Waals surface area (Å²) in [6, 6.07) is 0. The number of unbranched alkanes of at least 4 members (excludes halogenated alkanes) is 10. The number of hydrogen-bond acceptors (Lipinski definition) is 8. The lowest BCUT2D eigenvalue weighted by Gasteiger charge is -2.24. The van der Waals surface area contributed by atoms with Gasteiger partial charge in [0.1, 0.15) is 19.8 Å². The zero-order valence-corrected chi connectivity index (χ0v) is 35.9. The van der Waals surface area contributed by atoms with Crippen molar-refractivity contribution in [2.45, 2.75) is 148 Å². The second kappa shape index (κ2) is 35.8. The molecule has 0 rings (SSSR count). The molecule has 0 saturated carbocycles. The molecule has 10 nitrogen and oxygen atoms in total. The van der Waals surface area contributed by atoms with E-state index in [2.05, 4.69) is 50.3 Å². The normalized spacial score (nSPS) is 15.0. The Labute approximate surface area is 334 Å². The van der Waals surface area contributed by atoms with E-state index in [9.17, 15) is 24.2 Å². The van der Waals surface area contributed by atoms with Crippen molar-refractivity contribution >= 4 is 19.8 Å². The first-order valence-corrected chi connectivity index (χ1v) is 22.3. The summed E-state index contributed by atoms with van der Waals surface area (Å²) >= 11 is 0. The van der Waals surface area contributed by atoms with Crippen molar-refractivity contribution in [3.05, 3.63) is 72.9 Å². The highest BCUT2D eigenvalue weighted by Gasteiger charge is 2.27. The molecule has 0 aliphatic heterocycles. The molecule has 0 aliphatic rings. The fourth-order valence-corrected chi connectivity index (χ4v) is 5.75. The molecule has 0 radical (unpaired) electrons. The zero-order valence-electron chi connectivity index (χ0n) is 35.0. The lowest BCUT2D eigenvalue weighted by molar-refractivity contribution is -0.870. The van der Waals surface area contributed by atoms with Gasteiger partial charge in [0.25, 0.3) is 0 Å². The maximum atomic E-state index is 12.7. The molecule has 0 amide bonds. The van der Waals surface area contributed by atoms with Crippen LogP contribution in [0.1, 0.15) is 136 Å². The number of likely N-dealkylation sites (N-methyl/N-ethyl adjacent to an activating group) is 1. The first kappa shape index (κ1) is 52.4. The summed E-state index contributed by atoms with van der Waals surface area (Å²) in [5, 5.41) is 10.2. The largest absolute Gasteiger partial charge is 0.472 e. The molecule has 0 fully saturated rings. The highest BCUT2D eigenvalue weighted by atomic mass is 31.2. The summed E-state index contributed by atoms with van der Waals surface area (Å²) in [7, 11) is 1.37. The molecule has 0 aromatic carbocycles. The van der Waals surface area contributed by atoms with Crippen LogP contribution in [0.2, 0.25) is 0 Å². The minimum absolute atomic E-state index is 0.000131. The Morgan fingerprint density at radius 3 is 1.96 bits per heavy atom. The summed E-state index contributed by atoms with van der Waals surface area (Å²) in [6.45, 7) is 4.07. The minimum atomic E-state index is -4.42. The van der Waals surface area contributed by atoms with Crippen LogP contribution in [0.4, 0.5) is 0 Å². The van der Waals surface area contributed by atoms with E-state index < -0.39 is 38.6 Å². The fraction of sp³-hybridized carbons (Fsp3) is 0.682. The van der Waals surface area contributed by atoms with Crippen LogP contribution in [0.15, 0.2) is 72.9 Å². The summed E-state index contributed by atoms with van der Waals surface area (Å²) < 4.78 is 34.1. The Morgan fingerprint density at radius 1 is 0.673 bits per heavy atom. The Kier molecular flexibility index (Phi) is 34.1. The smallest absolute Gasteiger partial charge is 0.462 e. The van der Waals surface area contributed by atoms with Crippen LogP contribution in [0, 0.1) is 0 Å². The maximum Gasteiger partial charge on any atom is 0.472 e. The number of carbonyl (C=O) groups excluding carboxylic acids is 2. The van der Waals surface area contributed by atoms with E-state index in [1.165, 1.54) is 25.7 Å². The second-order valence-electron chi connectivity index (χ2n) is 14.8. The molecule has 0 aromatic heterocycles. The van der Waals surface area contributed by atoms with Crippen LogP contribution >= 0.6 is 7.82 Å². The number of carbonyl (C=O) groups is 2. The van der Waals surface area contributed by atoms with Gasteiger partial charge in [-0.3, -0.25) is 18.6 Å². The first-order valence-electron chi connectivity index (χ1n) is 20.8. The van der Waals surface area contributed by atoms with Gasteiger partial charge in [0.05, 0.1) is 33.9 Å². The van der Waals surface area contributed by atoms with Crippen molar-refractivity contribution in [1.29, 1.82) is 0 Å². The summed E-state index contributed by atoms with van der Waals surface area (Å²) in [6.07, 6.45) is 39.8. The lowest BCUT2D eigenvalue weighted by atomic mass is 10.1. The minimum Gasteiger partial charge on any atom is -0.462 e. The van der Waals surface area contributed by atoms with Gasteiger partial charge < -0.3 is 24.0 Å². The van der Waals surface area contributed by atoms with Crippen LogP contribution in [0.3, 0.4) is 0 Å². The third-order valence-corrected chi connectivity index (χ3v) is 9.29. The third kappa shape index (κ3) is 39.4. The molecule has 316 valence electrons. The number of phosphoric ester groups is 1. The Hall–Kier alpha value is -2.59. The Morgan fingerprint density at radius 2 is 1.27 bits per heavy atom. The molecule has 11 heteroatoms. The van der Waals surface area contributed by atoms with E-state index in [4.69, 9.17) is 18.5 Å². The Balaban J connectivity index is 4.62. The van der Waals surface area contributed by atoms with Crippen LogP contribution in [0.25, 0.3) is 0 Å². The van der Waals surface area contributed by atoms with E-state index in [1.54, 1.807) is 6.08 Å². The van der Waals surface area contributed by atoms with Gasteiger partial charge in [-0.15, -0.1) is 0 Å². The number of phosphoric acid groups is 1. The second-order valence-corrected chi connectivity index (χ2v) is 16.3. The van der Waals surface area contributed by atoms with Crippen LogP contribution in [-0.2, 0) is 32.7 Å². The van der Waals surface area contributed by atoms with Gasteiger partial charge in [-0.25, -0.2) is 4.57 Å². The molecule has 0 saturated heterocycles. The predicted molar refractivity (Wildman–Crippen MR) is 225 cm³/mol. The summed E-state index contributed by atoms with van der Waals surface area (Å²) in [5.74, 6) is -0.954. The van der Waals surface area contributed by atoms with E-state index in [1.807, 2.05) is 51.5 Å². The average Bonchev–Trinajstić information content (AvgIpc) is 3.13. The van der Waals surface area contributed by atoms with Crippen molar-refractivity contribution < 1.29 is 47.2 Å². The molecule has 0 aromatic rings. The number of aliphatic hydroxyl groups is 1. The third-order valence-electron chi connectivity index (χ3n) is 8.30. The number of ether oxygens (including phenoxy) is 2.